The molecule has 0 bridgehead atoms. The Morgan fingerprint density at radius 1 is 0.258 bits per heavy atom. The second-order valence-corrected chi connectivity index (χ2v) is 20.6. The van der Waals surface area contributed by atoms with E-state index < -0.39 is 0 Å². The Morgan fingerprint density at radius 2 is 0.621 bits per heavy atom. The summed E-state index contributed by atoms with van der Waals surface area (Å²) < 4.78 is 14.9. The van der Waals surface area contributed by atoms with E-state index >= 15 is 0 Å². The van der Waals surface area contributed by atoms with Gasteiger partial charge >= 0.3 is 0 Å². The molecule has 0 spiro atoms. The number of aromatic nitrogens is 5. The highest BCUT2D eigenvalue weighted by molar-refractivity contribution is 7.26. The summed E-state index contributed by atoms with van der Waals surface area (Å²) in [6.45, 7) is 0. The molecule has 0 aliphatic rings. The fraction of sp³-hybridized carbons (Fsp3) is 0. The maximum atomic E-state index is 5.47. The average molecular weight is 894 g/mol. The third kappa shape index (κ3) is 4.67. The van der Waals surface area contributed by atoms with Gasteiger partial charge in [-0.15, -0.1) is 44.2 Å². The van der Waals surface area contributed by atoms with Crippen LogP contribution in [0, 0.1) is 0 Å². The summed E-state index contributed by atoms with van der Waals surface area (Å²) >= 11 is 5.58. The molecule has 16 aromatic rings. The molecule has 306 valence electrons. The summed E-state index contributed by atoms with van der Waals surface area (Å²) in [5.41, 5.74) is 7.61. The molecule has 16 rings (SSSR count). The second kappa shape index (κ2) is 12.9. The molecule has 0 aliphatic heterocycles. The zero-order valence-corrected chi connectivity index (χ0v) is 37.3. The van der Waals surface area contributed by atoms with Gasteiger partial charge in [-0.05, 0) is 72.8 Å². The van der Waals surface area contributed by atoms with Crippen molar-refractivity contribution in [2.45, 2.75) is 0 Å². The van der Waals surface area contributed by atoms with Crippen LogP contribution < -0.4 is 0 Å². The number of hydrogen-bond donors (Lipinski definition) is 0. The smallest absolute Gasteiger partial charge is 0.184 e. The van der Waals surface area contributed by atoms with Crippen molar-refractivity contribution in [3.8, 4) is 17.3 Å². The van der Waals surface area contributed by atoms with Crippen molar-refractivity contribution in [3.63, 3.8) is 0 Å². The lowest BCUT2D eigenvalue weighted by Crippen LogP contribution is -2.10. The summed E-state index contributed by atoms with van der Waals surface area (Å²) in [6, 6.07) is 69.3. The summed E-state index contributed by atoms with van der Waals surface area (Å²) in [6.07, 6.45) is 0. The van der Waals surface area contributed by atoms with Crippen molar-refractivity contribution >= 4 is 160 Å². The standard InChI is InChI=1S/C58H31N5S3/c1-7-19-44-32(13-1)38-28-54-41(35-16-4-10-22-51(35)64-54)25-47(38)61(44)50-31-57(62-45-20-8-2-14-33(45)39-29-55-42(26-48(39)62)36-17-5-11-23-52(36)65-55)59-60-58(50)63-46-21-9-3-15-34(46)40-30-56-43(27-49(40)63)37-18-6-12-24-53(37)66-56/h1-31H. The van der Waals surface area contributed by atoms with E-state index in [1.54, 1.807) is 0 Å². The van der Waals surface area contributed by atoms with Crippen LogP contribution in [0.3, 0.4) is 0 Å². The minimum atomic E-state index is 0.763. The molecule has 66 heavy (non-hydrogen) atoms. The molecule has 0 unspecified atom stereocenters. The molecule has 0 fully saturated rings. The van der Waals surface area contributed by atoms with Crippen LogP contribution in [0.1, 0.15) is 0 Å². The van der Waals surface area contributed by atoms with Gasteiger partial charge in [0.2, 0.25) is 0 Å². The van der Waals surface area contributed by atoms with Crippen LogP contribution in [0.15, 0.2) is 188 Å². The lowest BCUT2D eigenvalue weighted by molar-refractivity contribution is 0.891. The molecule has 0 N–H and O–H groups in total. The third-order valence-corrected chi connectivity index (χ3v) is 17.3. The summed E-state index contributed by atoms with van der Waals surface area (Å²) in [7, 11) is 0. The number of para-hydroxylation sites is 3. The van der Waals surface area contributed by atoms with Crippen molar-refractivity contribution in [1.82, 2.24) is 23.9 Å². The minimum absolute atomic E-state index is 0.763. The largest absolute Gasteiger partial charge is 0.306 e. The van der Waals surface area contributed by atoms with Gasteiger partial charge in [0.25, 0.3) is 0 Å². The van der Waals surface area contributed by atoms with E-state index in [-0.39, 0.29) is 0 Å². The maximum absolute atomic E-state index is 5.47. The van der Waals surface area contributed by atoms with E-state index in [0.717, 1.165) is 50.4 Å². The molecule has 8 heteroatoms. The Hall–Kier alpha value is -7.88. The predicted molar refractivity (Wildman–Crippen MR) is 284 cm³/mol. The summed E-state index contributed by atoms with van der Waals surface area (Å²) in [5, 5.41) is 25.6. The molecular weight excluding hydrogens is 863 g/mol. The second-order valence-electron chi connectivity index (χ2n) is 17.4. The van der Waals surface area contributed by atoms with E-state index in [2.05, 4.69) is 202 Å². The highest BCUT2D eigenvalue weighted by atomic mass is 32.1. The fourth-order valence-electron chi connectivity index (χ4n) is 11.1. The molecule has 5 nitrogen and oxygen atoms in total. The Labute approximate surface area is 386 Å². The molecule has 7 heterocycles. The Bertz CT molecular complexity index is 4780. The van der Waals surface area contributed by atoms with Crippen LogP contribution in [-0.2, 0) is 0 Å². The van der Waals surface area contributed by atoms with Crippen LogP contribution >= 0.6 is 34.0 Å². The third-order valence-electron chi connectivity index (χ3n) is 13.9. The molecule has 7 aromatic heterocycles. The number of thiophene rings is 3. The zero-order chi connectivity index (χ0) is 42.8. The van der Waals surface area contributed by atoms with Crippen molar-refractivity contribution < 1.29 is 0 Å². The Kier molecular flexibility index (Phi) is 6.93. The van der Waals surface area contributed by atoms with Gasteiger partial charge in [-0.2, -0.15) is 0 Å². The summed E-state index contributed by atoms with van der Waals surface area (Å²) in [4.78, 5) is 0. The first-order valence-electron chi connectivity index (χ1n) is 22.1. The van der Waals surface area contributed by atoms with Gasteiger partial charge in [0.15, 0.2) is 11.6 Å². The van der Waals surface area contributed by atoms with Crippen molar-refractivity contribution in [3.05, 3.63) is 188 Å². The van der Waals surface area contributed by atoms with Crippen LogP contribution in [-0.4, -0.2) is 23.9 Å². The number of rotatable bonds is 3. The van der Waals surface area contributed by atoms with Crippen LogP contribution in [0.4, 0.5) is 0 Å². The molecule has 0 saturated carbocycles. The van der Waals surface area contributed by atoms with Gasteiger partial charge in [0.1, 0.15) is 0 Å². The summed E-state index contributed by atoms with van der Waals surface area (Å²) in [5.74, 6) is 1.53. The van der Waals surface area contributed by atoms with Gasteiger partial charge in [-0.3, -0.25) is 9.13 Å². The van der Waals surface area contributed by atoms with Gasteiger partial charge in [-0.25, -0.2) is 0 Å². The molecule has 0 aliphatic carbocycles. The molecule has 9 aromatic carbocycles. The van der Waals surface area contributed by atoms with Crippen LogP contribution in [0.5, 0.6) is 0 Å². The molecule has 0 amide bonds. The van der Waals surface area contributed by atoms with Crippen LogP contribution in [0.2, 0.25) is 0 Å². The minimum Gasteiger partial charge on any atom is -0.306 e. The van der Waals surface area contributed by atoms with Crippen molar-refractivity contribution in [2.75, 3.05) is 0 Å². The highest BCUT2D eigenvalue weighted by Gasteiger charge is 2.25. The Balaban J connectivity index is 1.07. The predicted octanol–water partition coefficient (Wildman–Crippen LogP) is 16.9. The molecular formula is C58H31N5S3. The lowest BCUT2D eigenvalue weighted by Gasteiger charge is -2.17. The number of nitrogens with zero attached hydrogens (tertiary/aromatic N) is 5. The normalized spacial score (nSPS) is 12.5. The van der Waals surface area contributed by atoms with E-state index in [4.69, 9.17) is 10.2 Å². The van der Waals surface area contributed by atoms with Crippen molar-refractivity contribution in [2.24, 2.45) is 0 Å². The quantitative estimate of drug-likeness (QED) is 0.177. The lowest BCUT2D eigenvalue weighted by atomic mass is 10.1. The first-order chi connectivity index (χ1) is 32.7. The van der Waals surface area contributed by atoms with E-state index in [0.29, 0.717) is 0 Å². The Morgan fingerprint density at radius 3 is 1.09 bits per heavy atom. The first kappa shape index (κ1) is 35.5. The average Bonchev–Trinajstić information content (AvgIpc) is 4.21. The molecule has 0 saturated heterocycles. The number of fused-ring (bicyclic) bond motifs is 18. The SMILES string of the molecule is c1ccc2c(c1)sc1cc3c4ccccc4n(-c4cc(-n5c6ccccc6c6cc7sc8ccccc8c7cc65)c(-n5c6ccccc6c6cc7sc8ccccc8c7cc65)nn4)c3cc12. The fourth-order valence-corrected chi connectivity index (χ4v) is 14.5. The number of hydrogen-bond acceptors (Lipinski definition) is 5. The topological polar surface area (TPSA) is 40.6 Å². The van der Waals surface area contributed by atoms with Gasteiger partial charge < -0.3 is 4.57 Å². The van der Waals surface area contributed by atoms with E-state index in [1.807, 2.05) is 34.0 Å². The van der Waals surface area contributed by atoms with Gasteiger partial charge in [0, 0.05) is 98.9 Å². The first-order valence-corrected chi connectivity index (χ1v) is 24.6. The van der Waals surface area contributed by atoms with Crippen LogP contribution in [0.25, 0.3) is 143 Å². The molecule has 0 radical (unpaired) electrons. The monoisotopic (exact) mass is 893 g/mol. The van der Waals surface area contributed by atoms with E-state index in [1.165, 1.54) is 92.8 Å². The van der Waals surface area contributed by atoms with Crippen molar-refractivity contribution in [1.29, 1.82) is 0 Å². The number of benzene rings is 9. The molecule has 0 atom stereocenters. The highest BCUT2D eigenvalue weighted by Crippen LogP contribution is 2.46. The van der Waals surface area contributed by atoms with Gasteiger partial charge in [0.05, 0.1) is 38.8 Å². The zero-order valence-electron chi connectivity index (χ0n) is 34.9. The van der Waals surface area contributed by atoms with Gasteiger partial charge in [-0.1, -0.05) is 109 Å². The maximum Gasteiger partial charge on any atom is 0.184 e. The van der Waals surface area contributed by atoms with E-state index in [9.17, 15) is 0 Å².